The second-order valence-corrected chi connectivity index (χ2v) is 16.0. The van der Waals surface area contributed by atoms with Crippen LogP contribution in [-0.2, 0) is 62.8 Å². The van der Waals surface area contributed by atoms with Gasteiger partial charge < -0.3 is 58.3 Å². The Kier molecular flexibility index (Phi) is 20.5. The van der Waals surface area contributed by atoms with Gasteiger partial charge in [-0.25, -0.2) is 17.9 Å². The highest BCUT2D eigenvalue weighted by molar-refractivity contribution is 7.89. The first-order valence-electron chi connectivity index (χ1n) is 19.2. The Balaban J connectivity index is 1.15. The summed E-state index contributed by atoms with van der Waals surface area (Å²) in [6.07, 6.45) is -0.0390. The Hall–Kier alpha value is -4.63. The molecule has 0 atom stereocenters. The number of nitrogen functional groups attached to an aromatic ring is 1. The lowest BCUT2D eigenvalue weighted by Crippen LogP contribution is -2.32. The maximum absolute atomic E-state index is 13.7. The fourth-order valence-corrected chi connectivity index (χ4v) is 7.82. The number of rotatable bonds is 32. The summed E-state index contributed by atoms with van der Waals surface area (Å²) in [7, 11) is -9.62. The molecule has 0 fully saturated rings. The summed E-state index contributed by atoms with van der Waals surface area (Å²) in [5, 5.41) is 26.5. The van der Waals surface area contributed by atoms with Gasteiger partial charge in [0.25, 0.3) is 10.1 Å². The van der Waals surface area contributed by atoms with Crippen molar-refractivity contribution >= 4 is 48.7 Å². The molecule has 23 heteroatoms. The molecule has 1 aliphatic heterocycles. The molecule has 0 aromatic heterocycles. The first-order valence-corrected chi connectivity index (χ1v) is 22.2. The lowest BCUT2D eigenvalue weighted by atomic mass is 9.90. The van der Waals surface area contributed by atoms with E-state index in [0.717, 1.165) is 0 Å². The van der Waals surface area contributed by atoms with E-state index in [1.807, 2.05) is 0 Å². The average molecular weight is 914 g/mol. The third-order valence-corrected chi connectivity index (χ3v) is 11.0. The van der Waals surface area contributed by atoms with E-state index in [4.69, 9.17) is 58.6 Å². The van der Waals surface area contributed by atoms with E-state index in [0.29, 0.717) is 72.7 Å². The Morgan fingerprint density at radius 1 is 0.629 bits per heavy atom. The summed E-state index contributed by atoms with van der Waals surface area (Å²) in [6, 6.07) is 10.9. The molecule has 342 valence electrons. The predicted molar refractivity (Wildman–Crippen MR) is 219 cm³/mol. The number of hydrogen-bond acceptors (Lipinski definition) is 17. The molecule has 0 spiro atoms. The minimum absolute atomic E-state index is 0.00697. The number of hydrogen-bond donors (Lipinski definition) is 6. The molecule has 0 unspecified atom stereocenters. The van der Waals surface area contributed by atoms with E-state index in [1.165, 1.54) is 48.5 Å². The molecule has 0 amide bonds. The van der Waals surface area contributed by atoms with Crippen LogP contribution in [0.1, 0.15) is 16.8 Å². The lowest BCUT2D eigenvalue weighted by Gasteiger charge is -2.20. The van der Waals surface area contributed by atoms with E-state index in [-0.39, 0.29) is 73.6 Å². The summed E-state index contributed by atoms with van der Waals surface area (Å²) in [6.45, 7) is 4.49. The molecule has 2 aromatic rings. The van der Waals surface area contributed by atoms with Gasteiger partial charge in [0.05, 0.1) is 129 Å². The van der Waals surface area contributed by atoms with E-state index < -0.39 is 64.3 Å². The fourth-order valence-electron chi connectivity index (χ4n) is 5.82. The number of anilines is 1. The molecule has 0 saturated heterocycles. The van der Waals surface area contributed by atoms with Crippen molar-refractivity contribution in [2.24, 2.45) is 0 Å². The van der Waals surface area contributed by atoms with Gasteiger partial charge in [0.15, 0.2) is 21.1 Å². The maximum atomic E-state index is 13.7. The normalized spacial score (nSPS) is 12.1. The molecule has 62 heavy (non-hydrogen) atoms. The number of nitrogens with one attached hydrogen (secondary N) is 2. The number of nitrogens with two attached hydrogens (primary N) is 1. The van der Waals surface area contributed by atoms with Crippen molar-refractivity contribution in [3.05, 3.63) is 59.5 Å². The Morgan fingerprint density at radius 2 is 1.11 bits per heavy atom. The Morgan fingerprint density at radius 3 is 1.60 bits per heavy atom. The summed E-state index contributed by atoms with van der Waals surface area (Å²) in [4.78, 5) is 21.1. The van der Waals surface area contributed by atoms with Crippen LogP contribution in [0.15, 0.2) is 62.7 Å². The third kappa shape index (κ3) is 15.3. The van der Waals surface area contributed by atoms with Crippen LogP contribution in [0.3, 0.4) is 0 Å². The van der Waals surface area contributed by atoms with Crippen molar-refractivity contribution in [1.82, 2.24) is 4.72 Å². The number of carboxylic acids is 2. The van der Waals surface area contributed by atoms with Crippen molar-refractivity contribution in [1.29, 1.82) is 5.41 Å². The minimum atomic E-state index is -5.06. The van der Waals surface area contributed by atoms with E-state index in [9.17, 15) is 36.1 Å². The molecular formula is C39H51N3O18S2. The van der Waals surface area contributed by atoms with Crippen LogP contribution < -0.4 is 15.8 Å². The van der Waals surface area contributed by atoms with Crippen LogP contribution in [0.2, 0.25) is 0 Å². The van der Waals surface area contributed by atoms with Gasteiger partial charge in [-0.05, 0) is 35.9 Å². The Labute approximate surface area is 357 Å². The maximum Gasteiger partial charge on any atom is 0.336 e. The number of sulfonamides is 1. The van der Waals surface area contributed by atoms with Crippen LogP contribution in [0.5, 0.6) is 0 Å². The molecule has 0 saturated carbocycles. The number of benzene rings is 3. The molecule has 0 radical (unpaired) electrons. The monoisotopic (exact) mass is 913 g/mol. The summed E-state index contributed by atoms with van der Waals surface area (Å²) in [5.74, 6) is -2.71. The largest absolute Gasteiger partial charge is 0.481 e. The van der Waals surface area contributed by atoms with Gasteiger partial charge >= 0.3 is 11.9 Å². The summed E-state index contributed by atoms with van der Waals surface area (Å²) >= 11 is 0. The second kappa shape index (κ2) is 25.5. The SMILES string of the molecule is N=c1ccc2c(-c3ccccc3C(=O)O)c3ccc(N)c(S(=O)(=O)O)c3oc-2c1S(=O)(=O)NCCOCCOCCOCCOCCOCCOCCOCCOCCC(=O)O. The lowest BCUT2D eigenvalue weighted by molar-refractivity contribution is -0.138. The van der Waals surface area contributed by atoms with Gasteiger partial charge in [-0.15, -0.1) is 0 Å². The number of carboxylic acid groups (broad SMARTS) is 2. The van der Waals surface area contributed by atoms with Crippen LogP contribution in [0.25, 0.3) is 33.4 Å². The molecule has 2 aromatic carbocycles. The summed E-state index contributed by atoms with van der Waals surface area (Å²) in [5.41, 5.74) is 4.96. The van der Waals surface area contributed by atoms with Crippen molar-refractivity contribution in [2.75, 3.05) is 118 Å². The van der Waals surface area contributed by atoms with Crippen LogP contribution in [0.4, 0.5) is 5.69 Å². The van der Waals surface area contributed by atoms with Crippen molar-refractivity contribution in [2.45, 2.75) is 16.2 Å². The standard InChI is InChI=1S/C39H51N3O18S2/c40-31-7-5-29-34(27-3-1-2-4-28(27)39(45)46)30-6-8-32(41)38(62(49,50)51)36(30)60-35(29)37(31)61(47,48)42-10-12-53-14-16-55-18-20-57-22-24-59-26-25-58-23-21-56-19-17-54-15-13-52-11-9-33(43)44/h1-8,40,42H,9-26,41H2,(H,43,44)(H,45,46)(H,49,50,51). The van der Waals surface area contributed by atoms with Gasteiger partial charge in [-0.2, -0.15) is 8.42 Å². The molecule has 1 heterocycles. The molecule has 0 bridgehead atoms. The molecule has 4 rings (SSSR count). The highest BCUT2D eigenvalue weighted by Crippen LogP contribution is 2.45. The summed E-state index contributed by atoms with van der Waals surface area (Å²) < 4.78 is 114. The molecule has 7 N–H and O–H groups in total. The van der Waals surface area contributed by atoms with Gasteiger partial charge in [0.2, 0.25) is 10.0 Å². The topological polar surface area (TPSA) is 312 Å². The van der Waals surface area contributed by atoms with Crippen LogP contribution in [-0.4, -0.2) is 156 Å². The predicted octanol–water partition coefficient (Wildman–Crippen LogP) is 2.10. The first-order chi connectivity index (χ1) is 29.7. The van der Waals surface area contributed by atoms with E-state index in [2.05, 4.69) is 4.72 Å². The third-order valence-electron chi connectivity index (χ3n) is 8.55. The molecule has 21 nitrogen and oxygen atoms in total. The van der Waals surface area contributed by atoms with E-state index in [1.54, 1.807) is 0 Å². The fraction of sp³-hybridized carbons (Fsp3) is 0.462. The van der Waals surface area contributed by atoms with Crippen LogP contribution in [0, 0.1) is 5.41 Å². The molecular weight excluding hydrogens is 863 g/mol. The number of fused-ring (bicyclic) bond motifs is 2. The average Bonchev–Trinajstić information content (AvgIpc) is 3.21. The van der Waals surface area contributed by atoms with E-state index >= 15 is 0 Å². The van der Waals surface area contributed by atoms with Crippen molar-refractivity contribution < 1.29 is 83.5 Å². The van der Waals surface area contributed by atoms with Gasteiger partial charge in [0.1, 0.15) is 0 Å². The quantitative estimate of drug-likeness (QED) is 0.0177. The Bertz CT molecular complexity index is 2320. The molecule has 1 aliphatic carbocycles. The van der Waals surface area contributed by atoms with Gasteiger partial charge in [-0.3, -0.25) is 14.8 Å². The zero-order valence-corrected chi connectivity index (χ0v) is 35.3. The van der Waals surface area contributed by atoms with Crippen molar-refractivity contribution in [3.63, 3.8) is 0 Å². The van der Waals surface area contributed by atoms with Crippen molar-refractivity contribution in [3.8, 4) is 22.5 Å². The highest BCUT2D eigenvalue weighted by atomic mass is 32.2. The number of ether oxygens (including phenoxy) is 8. The van der Waals surface area contributed by atoms with Gasteiger partial charge in [0, 0.05) is 23.1 Å². The minimum Gasteiger partial charge on any atom is -0.481 e. The zero-order valence-electron chi connectivity index (χ0n) is 33.7. The second-order valence-electron chi connectivity index (χ2n) is 12.9. The highest BCUT2D eigenvalue weighted by Gasteiger charge is 2.32. The van der Waals surface area contributed by atoms with Gasteiger partial charge in [-0.1, -0.05) is 18.2 Å². The zero-order chi connectivity index (χ0) is 45.0. The number of aliphatic carboxylic acids is 1. The van der Waals surface area contributed by atoms with Crippen LogP contribution >= 0.6 is 0 Å². The number of carbonyl (C=O) groups is 2. The first kappa shape index (κ1) is 50.0. The number of aromatic carboxylic acids is 1. The smallest absolute Gasteiger partial charge is 0.336 e. The molecule has 2 aliphatic rings.